The van der Waals surface area contributed by atoms with Crippen molar-refractivity contribution in [2.45, 2.75) is 0 Å². The number of rotatable bonds is 5. The van der Waals surface area contributed by atoms with Crippen LogP contribution in [0.3, 0.4) is 0 Å². The molecule has 138 valence electrons. The number of carbonyl (C=O) groups is 2. The average Bonchev–Trinajstić information content (AvgIpc) is 2.76. The van der Waals surface area contributed by atoms with Crippen LogP contribution in [-0.2, 0) is 0 Å². The number of hydrogen-bond donors (Lipinski definition) is 0. The van der Waals surface area contributed by atoms with Crippen LogP contribution < -0.4 is 9.47 Å². The van der Waals surface area contributed by atoms with Crippen molar-refractivity contribution >= 4 is 34.1 Å². The highest BCUT2D eigenvalue weighted by atomic mass is 16.5. The number of ether oxygens (including phenoxy) is 2. The first kappa shape index (κ1) is 17.7. The lowest BCUT2D eigenvalue weighted by atomic mass is 9.87. The van der Waals surface area contributed by atoms with Crippen molar-refractivity contribution in [1.29, 1.82) is 0 Å². The summed E-state index contributed by atoms with van der Waals surface area (Å²) in [4.78, 5) is 23.8. The van der Waals surface area contributed by atoms with Gasteiger partial charge in [-0.3, -0.25) is 9.59 Å². The lowest BCUT2D eigenvalue weighted by molar-refractivity contribution is 0.111. The van der Waals surface area contributed by atoms with Crippen LogP contribution in [0, 0.1) is 0 Å². The van der Waals surface area contributed by atoms with Gasteiger partial charge in [0.2, 0.25) is 0 Å². The zero-order valence-corrected chi connectivity index (χ0v) is 15.6. The van der Waals surface area contributed by atoms with Crippen LogP contribution in [0.15, 0.2) is 60.7 Å². The Bertz CT molecular complexity index is 1130. The van der Waals surface area contributed by atoms with E-state index < -0.39 is 0 Å². The van der Waals surface area contributed by atoms with E-state index in [4.69, 9.17) is 9.47 Å². The van der Waals surface area contributed by atoms with Gasteiger partial charge in [-0.05, 0) is 45.8 Å². The smallest absolute Gasteiger partial charge is 0.150 e. The minimum Gasteiger partial charge on any atom is -0.497 e. The second kappa shape index (κ2) is 7.16. The normalized spacial score (nSPS) is 10.8. The van der Waals surface area contributed by atoms with Crippen molar-refractivity contribution in [1.82, 2.24) is 0 Å². The molecule has 0 saturated carbocycles. The highest BCUT2D eigenvalue weighted by Gasteiger charge is 2.17. The fourth-order valence-corrected chi connectivity index (χ4v) is 3.64. The monoisotopic (exact) mass is 370 g/mol. The average molecular weight is 370 g/mol. The lowest BCUT2D eigenvalue weighted by Gasteiger charge is -2.16. The van der Waals surface area contributed by atoms with Crippen molar-refractivity contribution in [2.24, 2.45) is 0 Å². The summed E-state index contributed by atoms with van der Waals surface area (Å²) in [5.74, 6) is 1.37. The fraction of sp³-hybridized carbons (Fsp3) is 0.0833. The number of benzene rings is 4. The van der Waals surface area contributed by atoms with Gasteiger partial charge in [0.15, 0.2) is 12.6 Å². The minimum absolute atomic E-state index is 0.513. The summed E-state index contributed by atoms with van der Waals surface area (Å²) in [6, 6.07) is 18.8. The van der Waals surface area contributed by atoms with E-state index in [1.807, 2.05) is 48.5 Å². The van der Waals surface area contributed by atoms with E-state index in [2.05, 4.69) is 0 Å². The summed E-state index contributed by atoms with van der Waals surface area (Å²) in [7, 11) is 3.20. The first-order chi connectivity index (χ1) is 13.7. The van der Waals surface area contributed by atoms with Crippen LogP contribution in [0.25, 0.3) is 32.7 Å². The van der Waals surface area contributed by atoms with Crippen molar-refractivity contribution in [2.75, 3.05) is 14.2 Å². The van der Waals surface area contributed by atoms with Gasteiger partial charge in [0.1, 0.15) is 11.5 Å². The first-order valence-corrected chi connectivity index (χ1v) is 8.82. The third kappa shape index (κ3) is 2.79. The molecule has 0 radical (unpaired) electrons. The summed E-state index contributed by atoms with van der Waals surface area (Å²) in [6.07, 6.45) is 1.64. The van der Waals surface area contributed by atoms with Crippen molar-refractivity contribution in [3.63, 3.8) is 0 Å². The number of methoxy groups -OCH3 is 2. The number of carbonyl (C=O) groups excluding carboxylic acids is 2. The van der Waals surface area contributed by atoms with E-state index in [-0.39, 0.29) is 0 Å². The maximum Gasteiger partial charge on any atom is 0.150 e. The predicted molar refractivity (Wildman–Crippen MR) is 111 cm³/mol. The van der Waals surface area contributed by atoms with Gasteiger partial charge in [-0.2, -0.15) is 0 Å². The zero-order chi connectivity index (χ0) is 19.7. The van der Waals surface area contributed by atoms with E-state index in [0.717, 1.165) is 34.1 Å². The summed E-state index contributed by atoms with van der Waals surface area (Å²) < 4.78 is 10.8. The Labute approximate surface area is 162 Å². The second-order valence-corrected chi connectivity index (χ2v) is 6.47. The molecule has 0 atom stereocenters. The third-order valence-electron chi connectivity index (χ3n) is 5.03. The van der Waals surface area contributed by atoms with Gasteiger partial charge in [0.05, 0.1) is 14.2 Å². The molecule has 0 aliphatic heterocycles. The molecule has 0 saturated heterocycles. The summed E-state index contributed by atoms with van der Waals surface area (Å²) in [6.45, 7) is 0. The van der Waals surface area contributed by atoms with E-state index in [9.17, 15) is 9.59 Å². The Balaban J connectivity index is 2.22. The van der Waals surface area contributed by atoms with E-state index >= 15 is 0 Å². The molecule has 0 fully saturated rings. The summed E-state index contributed by atoms with van der Waals surface area (Å²) in [5, 5.41) is 3.61. The molecule has 0 aromatic heterocycles. The molecule has 4 nitrogen and oxygen atoms in total. The zero-order valence-electron chi connectivity index (χ0n) is 15.6. The molecule has 4 rings (SSSR count). The molecule has 0 unspecified atom stereocenters. The molecule has 4 aromatic carbocycles. The lowest BCUT2D eigenvalue weighted by Crippen LogP contribution is -1.97. The van der Waals surface area contributed by atoms with Crippen LogP contribution in [0.4, 0.5) is 0 Å². The molecule has 28 heavy (non-hydrogen) atoms. The van der Waals surface area contributed by atoms with Gasteiger partial charge in [-0.1, -0.05) is 36.4 Å². The maximum atomic E-state index is 11.9. The van der Waals surface area contributed by atoms with Crippen LogP contribution in [0.2, 0.25) is 0 Å². The Kier molecular flexibility index (Phi) is 4.53. The molecular weight excluding hydrogens is 352 g/mol. The van der Waals surface area contributed by atoms with Crippen molar-refractivity contribution in [3.8, 4) is 22.6 Å². The molecule has 0 bridgehead atoms. The Morgan fingerprint density at radius 1 is 0.607 bits per heavy atom. The van der Waals surface area contributed by atoms with Gasteiger partial charge in [-0.25, -0.2) is 0 Å². The number of aldehydes is 2. The summed E-state index contributed by atoms with van der Waals surface area (Å²) >= 11 is 0. The molecule has 0 N–H and O–H groups in total. The van der Waals surface area contributed by atoms with E-state index in [1.54, 1.807) is 26.4 Å². The van der Waals surface area contributed by atoms with Crippen molar-refractivity contribution in [3.05, 3.63) is 71.8 Å². The van der Waals surface area contributed by atoms with E-state index in [0.29, 0.717) is 33.8 Å². The van der Waals surface area contributed by atoms with Crippen LogP contribution in [-0.4, -0.2) is 26.8 Å². The van der Waals surface area contributed by atoms with E-state index in [1.165, 1.54) is 0 Å². The minimum atomic E-state index is 0.513. The highest BCUT2D eigenvalue weighted by Crippen LogP contribution is 2.40. The van der Waals surface area contributed by atoms with Gasteiger partial charge in [0.25, 0.3) is 0 Å². The third-order valence-corrected chi connectivity index (χ3v) is 5.03. The van der Waals surface area contributed by atoms with Gasteiger partial charge in [0, 0.05) is 22.3 Å². The standard InChI is InChI=1S/C24H18O4/c1-27-19-9-7-15-3-5-17(13-25)23(21(15)11-19)24-18(14-26)6-4-16-8-10-20(28-2)12-22(16)24/h3-14H,1-2H3. The second-order valence-electron chi connectivity index (χ2n) is 6.47. The van der Waals surface area contributed by atoms with Crippen LogP contribution in [0.1, 0.15) is 20.7 Å². The van der Waals surface area contributed by atoms with Gasteiger partial charge in [-0.15, -0.1) is 0 Å². The quantitative estimate of drug-likeness (QED) is 0.447. The van der Waals surface area contributed by atoms with Crippen LogP contribution >= 0.6 is 0 Å². The van der Waals surface area contributed by atoms with Gasteiger partial charge < -0.3 is 9.47 Å². The predicted octanol–water partition coefficient (Wildman–Crippen LogP) is 5.30. The topological polar surface area (TPSA) is 52.6 Å². The molecule has 0 spiro atoms. The Hall–Kier alpha value is -3.66. The van der Waals surface area contributed by atoms with Crippen LogP contribution in [0.5, 0.6) is 11.5 Å². The highest BCUT2D eigenvalue weighted by molar-refractivity contribution is 6.14. The number of hydrogen-bond acceptors (Lipinski definition) is 4. The molecule has 0 amide bonds. The summed E-state index contributed by atoms with van der Waals surface area (Å²) in [5.41, 5.74) is 2.46. The van der Waals surface area contributed by atoms with Crippen molar-refractivity contribution < 1.29 is 19.1 Å². The molecule has 4 aromatic rings. The molecule has 0 aliphatic carbocycles. The Morgan fingerprint density at radius 3 is 1.36 bits per heavy atom. The van der Waals surface area contributed by atoms with Gasteiger partial charge >= 0.3 is 0 Å². The first-order valence-electron chi connectivity index (χ1n) is 8.82. The molecule has 4 heteroatoms. The number of fused-ring (bicyclic) bond motifs is 2. The SMILES string of the molecule is COc1ccc2ccc(C=O)c(-c3c(C=O)ccc4ccc(OC)cc34)c2c1. The fourth-order valence-electron chi connectivity index (χ4n) is 3.64. The molecule has 0 aliphatic rings. The molecular formula is C24H18O4. The molecule has 0 heterocycles. The maximum absolute atomic E-state index is 11.9. The Morgan fingerprint density at radius 2 is 1.00 bits per heavy atom. The largest absolute Gasteiger partial charge is 0.497 e.